The Labute approximate surface area is 146 Å². The van der Waals surface area contributed by atoms with E-state index in [9.17, 15) is 19.4 Å². The van der Waals surface area contributed by atoms with Crippen molar-refractivity contribution >= 4 is 24.7 Å². The Hall–Kier alpha value is -1.82. The molecule has 13 heteroatoms. The summed E-state index contributed by atoms with van der Waals surface area (Å²) in [5.41, 5.74) is 4.27. The fourth-order valence-corrected chi connectivity index (χ4v) is 3.76. The third-order valence-corrected chi connectivity index (χ3v) is 5.25. The molecule has 2 saturated heterocycles. The number of nitrogens with two attached hydrogens (primary N) is 1. The highest BCUT2D eigenvalue weighted by Crippen LogP contribution is 2.50. The number of aliphatic hydroxyl groups is 1. The molecule has 2 aromatic heterocycles. The molecule has 2 aliphatic rings. The molecule has 4 heterocycles. The predicted molar refractivity (Wildman–Crippen MR) is 87.5 cm³/mol. The zero-order chi connectivity index (χ0) is 18.7. The average molecular weight is 387 g/mol. The van der Waals surface area contributed by atoms with Crippen molar-refractivity contribution in [2.24, 2.45) is 0 Å². The molecule has 4 rings (SSSR count). The van der Waals surface area contributed by atoms with Gasteiger partial charge in [0.2, 0.25) is 5.95 Å². The van der Waals surface area contributed by atoms with Gasteiger partial charge in [-0.05, 0) is 0 Å². The van der Waals surface area contributed by atoms with Crippen molar-refractivity contribution < 1.29 is 28.6 Å². The number of aliphatic hydroxyl groups excluding tert-OH is 1. The van der Waals surface area contributed by atoms with Gasteiger partial charge >= 0.3 is 7.60 Å². The summed E-state index contributed by atoms with van der Waals surface area (Å²) in [5, 5.41) is 10.7. The minimum Gasteiger partial charge on any atom is -0.387 e. The highest BCUT2D eigenvalue weighted by Gasteiger charge is 2.62. The Kier molecular flexibility index (Phi) is 3.95. The van der Waals surface area contributed by atoms with Crippen LogP contribution in [0.25, 0.3) is 11.2 Å². The molecule has 5 N–H and O–H groups in total. The summed E-state index contributed by atoms with van der Waals surface area (Å²) in [6.45, 7) is 1.17. The number of fused-ring (bicyclic) bond motifs is 1. The van der Waals surface area contributed by atoms with Gasteiger partial charge in [-0.25, -0.2) is 4.98 Å². The van der Waals surface area contributed by atoms with Crippen molar-refractivity contribution in [3.63, 3.8) is 0 Å². The van der Waals surface area contributed by atoms with Crippen LogP contribution in [0.5, 0.6) is 0 Å². The lowest BCUT2D eigenvalue weighted by Crippen LogP contribution is -2.56. The van der Waals surface area contributed by atoms with Crippen molar-refractivity contribution in [1.29, 1.82) is 0 Å². The third-order valence-electron chi connectivity index (χ3n) is 4.62. The first-order valence-electron chi connectivity index (χ1n) is 7.86. The average Bonchev–Trinajstić information content (AvgIpc) is 3.02. The molecule has 1 spiro atoms. The van der Waals surface area contributed by atoms with Gasteiger partial charge in [0.1, 0.15) is 17.8 Å². The molecule has 26 heavy (non-hydrogen) atoms. The number of aromatic nitrogens is 4. The van der Waals surface area contributed by atoms with Gasteiger partial charge in [-0.15, -0.1) is 0 Å². The molecule has 142 valence electrons. The first-order chi connectivity index (χ1) is 12.2. The van der Waals surface area contributed by atoms with E-state index in [0.717, 1.165) is 6.66 Å². The number of nitrogen functional groups attached to an aromatic ring is 1. The molecular weight excluding hydrogens is 369 g/mol. The fraction of sp³-hybridized carbons (Fsp3) is 0.615. The van der Waals surface area contributed by atoms with Crippen LogP contribution in [0.4, 0.5) is 5.95 Å². The second-order valence-corrected chi connectivity index (χ2v) is 8.26. The quantitative estimate of drug-likeness (QED) is 0.474. The van der Waals surface area contributed by atoms with E-state index in [0.29, 0.717) is 13.0 Å². The summed E-state index contributed by atoms with van der Waals surface area (Å²) < 4.78 is 29.2. The van der Waals surface area contributed by atoms with E-state index in [4.69, 9.17) is 19.7 Å². The lowest BCUT2D eigenvalue weighted by Gasteiger charge is -2.44. The van der Waals surface area contributed by atoms with Gasteiger partial charge in [0.15, 0.2) is 17.4 Å². The van der Waals surface area contributed by atoms with E-state index < -0.39 is 37.2 Å². The van der Waals surface area contributed by atoms with Crippen molar-refractivity contribution in [3.8, 4) is 0 Å². The van der Waals surface area contributed by atoms with Crippen LogP contribution >= 0.6 is 7.60 Å². The molecule has 0 bridgehead atoms. The predicted octanol–water partition coefficient (Wildman–Crippen LogP) is -1.05. The van der Waals surface area contributed by atoms with Crippen molar-refractivity contribution in [3.05, 3.63) is 16.7 Å². The molecule has 12 nitrogen and oxygen atoms in total. The monoisotopic (exact) mass is 387 g/mol. The second-order valence-electron chi connectivity index (χ2n) is 6.40. The van der Waals surface area contributed by atoms with Gasteiger partial charge < -0.3 is 29.7 Å². The number of anilines is 1. The van der Waals surface area contributed by atoms with Crippen LogP contribution < -0.4 is 11.3 Å². The summed E-state index contributed by atoms with van der Waals surface area (Å²) in [7, 11) is -3.73. The zero-order valence-electron chi connectivity index (χ0n) is 13.7. The summed E-state index contributed by atoms with van der Waals surface area (Å²) in [5.74, 6) is -0.0848. The molecule has 2 aromatic rings. The normalized spacial score (nSPS) is 33.4. The molecule has 5 atom stereocenters. The van der Waals surface area contributed by atoms with Crippen molar-refractivity contribution in [2.75, 3.05) is 25.6 Å². The van der Waals surface area contributed by atoms with Gasteiger partial charge in [-0.2, -0.15) is 4.98 Å². The van der Waals surface area contributed by atoms with Crippen LogP contribution in [0.2, 0.25) is 0 Å². The van der Waals surface area contributed by atoms with Crippen LogP contribution in [0.15, 0.2) is 11.1 Å². The Morgan fingerprint density at radius 1 is 1.62 bits per heavy atom. The Bertz CT molecular complexity index is 948. The standard InChI is InChI=1S/C13H18N5O7P/c1-26(21,22)24-4-6-8(19)13(2-3-23-13)11(25-6)18-5-15-7-9(18)16-12(14)17-10(7)20/h5-6,8,11,19H,2-4H2,1H3,(H,21,22)(H3,14,16,17,20)/t6-,8-,11-,13-/m1/s1. The molecule has 1 unspecified atom stereocenters. The van der Waals surface area contributed by atoms with E-state index in [1.165, 1.54) is 10.9 Å². The maximum Gasteiger partial charge on any atom is 0.325 e. The smallest absolute Gasteiger partial charge is 0.325 e. The van der Waals surface area contributed by atoms with E-state index in [-0.39, 0.29) is 23.7 Å². The Morgan fingerprint density at radius 2 is 2.35 bits per heavy atom. The summed E-state index contributed by atoms with van der Waals surface area (Å²) >= 11 is 0. The van der Waals surface area contributed by atoms with E-state index in [2.05, 4.69) is 15.0 Å². The van der Waals surface area contributed by atoms with E-state index in [1.807, 2.05) is 0 Å². The lowest BCUT2D eigenvalue weighted by molar-refractivity contribution is -0.225. The largest absolute Gasteiger partial charge is 0.387 e. The molecule has 2 aliphatic heterocycles. The minimum absolute atomic E-state index is 0.0693. The number of hydrogen-bond donors (Lipinski definition) is 4. The fourth-order valence-electron chi connectivity index (χ4n) is 3.34. The van der Waals surface area contributed by atoms with Gasteiger partial charge in [0, 0.05) is 13.1 Å². The molecule has 0 saturated carbocycles. The van der Waals surface area contributed by atoms with Gasteiger partial charge in [-0.3, -0.25) is 18.9 Å². The summed E-state index contributed by atoms with van der Waals surface area (Å²) in [6.07, 6.45) is -1.03. The lowest BCUT2D eigenvalue weighted by atomic mass is 9.86. The van der Waals surface area contributed by atoms with Crippen molar-refractivity contribution in [1.82, 2.24) is 19.5 Å². The number of H-pyrrole nitrogens is 1. The number of hydrogen-bond acceptors (Lipinski definition) is 9. The first kappa shape index (κ1) is 17.6. The topological polar surface area (TPSA) is 175 Å². The number of nitrogens with zero attached hydrogens (tertiary/aromatic N) is 3. The zero-order valence-corrected chi connectivity index (χ0v) is 14.6. The minimum atomic E-state index is -3.73. The number of nitrogens with one attached hydrogen (secondary N) is 1. The highest BCUT2D eigenvalue weighted by atomic mass is 31.2. The number of imidazole rings is 1. The number of aromatic amines is 1. The van der Waals surface area contributed by atoms with Gasteiger partial charge in [0.05, 0.1) is 19.5 Å². The number of ether oxygens (including phenoxy) is 2. The Balaban J connectivity index is 1.72. The van der Waals surface area contributed by atoms with Gasteiger partial charge in [0.25, 0.3) is 5.56 Å². The van der Waals surface area contributed by atoms with Crippen LogP contribution in [0, 0.1) is 0 Å². The number of rotatable bonds is 4. The second kappa shape index (κ2) is 5.84. The molecule has 0 radical (unpaired) electrons. The van der Waals surface area contributed by atoms with Crippen LogP contribution in [-0.4, -0.2) is 67.2 Å². The summed E-state index contributed by atoms with van der Waals surface area (Å²) in [4.78, 5) is 31.7. The summed E-state index contributed by atoms with van der Waals surface area (Å²) in [6, 6.07) is 0. The maximum atomic E-state index is 12.0. The Morgan fingerprint density at radius 3 is 2.96 bits per heavy atom. The van der Waals surface area contributed by atoms with Crippen LogP contribution in [-0.2, 0) is 18.6 Å². The molecule has 0 aromatic carbocycles. The molecule has 0 amide bonds. The van der Waals surface area contributed by atoms with Crippen LogP contribution in [0.1, 0.15) is 12.6 Å². The third kappa shape index (κ3) is 2.66. The molecular formula is C13H18N5O7P. The maximum absolute atomic E-state index is 12.0. The SMILES string of the molecule is CP(=O)(O)OC[C@H]1O[C@@H](n2cnc3c(=O)[nH]c(N)nc32)[C@@]2(CCO2)[C@@H]1O. The molecule has 2 fully saturated rings. The van der Waals surface area contributed by atoms with Crippen LogP contribution in [0.3, 0.4) is 0 Å². The van der Waals surface area contributed by atoms with Gasteiger partial charge in [-0.1, -0.05) is 0 Å². The van der Waals surface area contributed by atoms with E-state index >= 15 is 0 Å². The first-order valence-corrected chi connectivity index (χ1v) is 9.88. The molecule has 0 aliphatic carbocycles. The van der Waals surface area contributed by atoms with E-state index in [1.54, 1.807) is 0 Å². The highest BCUT2D eigenvalue weighted by molar-refractivity contribution is 7.51. The van der Waals surface area contributed by atoms with Crippen molar-refractivity contribution in [2.45, 2.75) is 30.5 Å².